The lowest BCUT2D eigenvalue weighted by atomic mass is 10.0. The van der Waals surface area contributed by atoms with Crippen LogP contribution in [0.25, 0.3) is 0 Å². The van der Waals surface area contributed by atoms with Crippen LogP contribution in [0.15, 0.2) is 23.8 Å². The van der Waals surface area contributed by atoms with E-state index >= 15 is 0 Å². The number of fused-ring (bicyclic) bond motifs is 1. The molecule has 0 saturated heterocycles. The Hall–Kier alpha value is -2.55. The minimum absolute atomic E-state index is 0.185. The number of nitro groups is 1. The first-order valence-corrected chi connectivity index (χ1v) is 6.98. The van der Waals surface area contributed by atoms with Gasteiger partial charge in [-0.15, -0.1) is 11.3 Å². The Bertz CT molecular complexity index is 700. The summed E-state index contributed by atoms with van der Waals surface area (Å²) in [5.41, 5.74) is 0.513. The molecule has 0 amide bonds. The molecule has 0 bridgehead atoms. The lowest BCUT2D eigenvalue weighted by Crippen LogP contribution is -2.40. The van der Waals surface area contributed by atoms with Gasteiger partial charge in [-0.1, -0.05) is 0 Å². The third-order valence-electron chi connectivity index (χ3n) is 3.29. The number of carboxylic acids is 1. The number of aromatic nitrogens is 2. The maximum absolute atomic E-state index is 11.6. The molecular weight excluding hydrogens is 296 g/mol. The standard InChI is InChI=1S/C12H10N4O4S/c17-11(18)10-8-2-4-21-9(8)1-3-15(10)12-13-5-7(6-14-12)16(19)20/h2,4-6,10H,1,3H2,(H,17,18). The van der Waals surface area contributed by atoms with Crippen LogP contribution >= 0.6 is 11.3 Å². The molecule has 0 aliphatic carbocycles. The number of carbonyl (C=O) groups is 1. The average Bonchev–Trinajstić information content (AvgIpc) is 2.94. The molecule has 8 nitrogen and oxygen atoms in total. The van der Waals surface area contributed by atoms with Gasteiger partial charge in [-0.25, -0.2) is 14.8 Å². The summed E-state index contributed by atoms with van der Waals surface area (Å²) in [4.78, 5) is 32.0. The SMILES string of the molecule is O=C(O)C1c2ccsc2CCN1c1ncc([N+](=O)[O-])cn1. The van der Waals surface area contributed by atoms with E-state index in [0.29, 0.717) is 13.0 Å². The van der Waals surface area contributed by atoms with Crippen molar-refractivity contribution in [2.24, 2.45) is 0 Å². The van der Waals surface area contributed by atoms with Gasteiger partial charge in [-0.2, -0.15) is 0 Å². The third-order valence-corrected chi connectivity index (χ3v) is 4.29. The number of anilines is 1. The highest BCUT2D eigenvalue weighted by atomic mass is 32.1. The molecule has 0 spiro atoms. The maximum atomic E-state index is 11.6. The van der Waals surface area contributed by atoms with Crippen LogP contribution in [-0.2, 0) is 11.2 Å². The highest BCUT2D eigenvalue weighted by Crippen LogP contribution is 2.35. The summed E-state index contributed by atoms with van der Waals surface area (Å²) >= 11 is 1.53. The van der Waals surface area contributed by atoms with Gasteiger partial charge in [0.05, 0.1) is 4.92 Å². The monoisotopic (exact) mass is 306 g/mol. The summed E-state index contributed by atoms with van der Waals surface area (Å²) in [7, 11) is 0. The molecule has 1 atom stereocenters. The molecule has 0 aromatic carbocycles. The van der Waals surface area contributed by atoms with Gasteiger partial charge in [0.15, 0.2) is 6.04 Å². The molecule has 1 aliphatic rings. The average molecular weight is 306 g/mol. The van der Waals surface area contributed by atoms with Crippen molar-refractivity contribution >= 4 is 28.9 Å². The Morgan fingerprint density at radius 3 is 2.81 bits per heavy atom. The van der Waals surface area contributed by atoms with Crippen molar-refractivity contribution in [1.82, 2.24) is 9.97 Å². The molecular formula is C12H10N4O4S. The molecule has 108 valence electrons. The zero-order valence-electron chi connectivity index (χ0n) is 10.7. The fourth-order valence-corrected chi connectivity index (χ4v) is 3.26. The predicted octanol–water partition coefficient (Wildman–Crippen LogP) is 1.63. The largest absolute Gasteiger partial charge is 0.479 e. The second kappa shape index (κ2) is 5.09. The van der Waals surface area contributed by atoms with Crippen LogP contribution in [0.3, 0.4) is 0 Å². The highest BCUT2D eigenvalue weighted by Gasteiger charge is 2.35. The Labute approximate surface area is 122 Å². The molecule has 1 unspecified atom stereocenters. The normalized spacial score (nSPS) is 17.3. The van der Waals surface area contributed by atoms with Crippen LogP contribution in [0.4, 0.5) is 11.6 Å². The van der Waals surface area contributed by atoms with Gasteiger partial charge < -0.3 is 10.0 Å². The van der Waals surface area contributed by atoms with Crippen LogP contribution in [0.1, 0.15) is 16.5 Å². The third kappa shape index (κ3) is 2.31. The van der Waals surface area contributed by atoms with Crippen molar-refractivity contribution in [2.75, 3.05) is 11.4 Å². The second-order valence-corrected chi connectivity index (χ2v) is 5.48. The Balaban J connectivity index is 1.98. The minimum atomic E-state index is -0.990. The molecule has 1 aliphatic heterocycles. The fourth-order valence-electron chi connectivity index (χ4n) is 2.36. The van der Waals surface area contributed by atoms with E-state index in [2.05, 4.69) is 9.97 Å². The zero-order chi connectivity index (χ0) is 15.0. The molecule has 2 aromatic heterocycles. The van der Waals surface area contributed by atoms with Gasteiger partial charge in [0.2, 0.25) is 5.95 Å². The van der Waals surface area contributed by atoms with Gasteiger partial charge in [0.1, 0.15) is 12.4 Å². The Morgan fingerprint density at radius 2 is 2.19 bits per heavy atom. The summed E-state index contributed by atoms with van der Waals surface area (Å²) in [5.74, 6) is -0.804. The summed E-state index contributed by atoms with van der Waals surface area (Å²) in [6, 6.07) is 0.928. The summed E-state index contributed by atoms with van der Waals surface area (Å²) in [6.45, 7) is 0.461. The van der Waals surface area contributed by atoms with E-state index in [-0.39, 0.29) is 11.6 Å². The van der Waals surface area contributed by atoms with E-state index in [1.54, 1.807) is 11.0 Å². The van der Waals surface area contributed by atoms with Crippen LogP contribution in [-0.4, -0.2) is 32.5 Å². The van der Waals surface area contributed by atoms with Gasteiger partial charge in [-0.05, 0) is 23.4 Å². The number of nitrogens with zero attached hydrogens (tertiary/aromatic N) is 4. The van der Waals surface area contributed by atoms with E-state index in [9.17, 15) is 20.0 Å². The Morgan fingerprint density at radius 1 is 1.48 bits per heavy atom. The number of thiophene rings is 1. The molecule has 3 rings (SSSR count). The van der Waals surface area contributed by atoms with E-state index < -0.39 is 16.9 Å². The summed E-state index contributed by atoms with van der Waals surface area (Å²) in [5, 5.41) is 21.9. The first-order valence-electron chi connectivity index (χ1n) is 6.10. The lowest BCUT2D eigenvalue weighted by molar-refractivity contribution is -0.385. The quantitative estimate of drug-likeness (QED) is 0.678. The molecule has 2 aromatic rings. The molecule has 0 fully saturated rings. The first kappa shape index (κ1) is 13.4. The number of hydrogen-bond donors (Lipinski definition) is 1. The molecule has 9 heteroatoms. The number of carboxylic acid groups (broad SMARTS) is 1. The van der Waals surface area contributed by atoms with E-state index in [4.69, 9.17) is 0 Å². The number of aliphatic carboxylic acids is 1. The van der Waals surface area contributed by atoms with E-state index in [1.807, 2.05) is 5.38 Å². The highest BCUT2D eigenvalue weighted by molar-refractivity contribution is 7.10. The molecule has 1 N–H and O–H groups in total. The van der Waals surface area contributed by atoms with Crippen molar-refractivity contribution in [3.05, 3.63) is 44.4 Å². The predicted molar refractivity (Wildman–Crippen MR) is 74.4 cm³/mol. The first-order chi connectivity index (χ1) is 10.1. The van der Waals surface area contributed by atoms with Crippen LogP contribution in [0, 0.1) is 10.1 Å². The van der Waals surface area contributed by atoms with Crippen molar-refractivity contribution in [2.45, 2.75) is 12.5 Å². The van der Waals surface area contributed by atoms with Crippen molar-refractivity contribution in [3.8, 4) is 0 Å². The molecule has 0 radical (unpaired) electrons. The number of hydrogen-bond acceptors (Lipinski definition) is 7. The molecule has 0 saturated carbocycles. The maximum Gasteiger partial charge on any atom is 0.331 e. The lowest BCUT2D eigenvalue weighted by Gasteiger charge is -2.32. The topological polar surface area (TPSA) is 109 Å². The van der Waals surface area contributed by atoms with Crippen molar-refractivity contribution in [3.63, 3.8) is 0 Å². The van der Waals surface area contributed by atoms with Crippen molar-refractivity contribution < 1.29 is 14.8 Å². The van der Waals surface area contributed by atoms with E-state index in [1.165, 1.54) is 11.3 Å². The number of rotatable bonds is 3. The van der Waals surface area contributed by atoms with Gasteiger partial charge in [0, 0.05) is 11.4 Å². The van der Waals surface area contributed by atoms with Crippen LogP contribution < -0.4 is 4.90 Å². The van der Waals surface area contributed by atoms with E-state index in [0.717, 1.165) is 22.8 Å². The van der Waals surface area contributed by atoms with Crippen molar-refractivity contribution in [1.29, 1.82) is 0 Å². The van der Waals surface area contributed by atoms with Gasteiger partial charge in [0.25, 0.3) is 0 Å². The molecule has 21 heavy (non-hydrogen) atoms. The van der Waals surface area contributed by atoms with Gasteiger partial charge >= 0.3 is 11.7 Å². The smallest absolute Gasteiger partial charge is 0.331 e. The Kier molecular flexibility index (Phi) is 3.26. The van der Waals surface area contributed by atoms with Gasteiger partial charge in [-0.3, -0.25) is 10.1 Å². The zero-order valence-corrected chi connectivity index (χ0v) is 11.5. The summed E-state index contributed by atoms with van der Waals surface area (Å²) in [6.07, 6.45) is 2.88. The van der Waals surface area contributed by atoms with Crippen LogP contribution in [0.2, 0.25) is 0 Å². The second-order valence-electron chi connectivity index (χ2n) is 4.48. The molecule has 3 heterocycles. The fraction of sp³-hybridized carbons (Fsp3) is 0.250. The summed E-state index contributed by atoms with van der Waals surface area (Å²) < 4.78 is 0. The van der Waals surface area contributed by atoms with Crippen LogP contribution in [0.5, 0.6) is 0 Å². The minimum Gasteiger partial charge on any atom is -0.479 e.